The van der Waals surface area contributed by atoms with Crippen LogP contribution in [0.1, 0.15) is 18.4 Å². The molecule has 7 nitrogen and oxygen atoms in total. The van der Waals surface area contributed by atoms with E-state index < -0.39 is 4.92 Å². The van der Waals surface area contributed by atoms with Gasteiger partial charge in [-0.25, -0.2) is 0 Å². The number of nitrogens with zero attached hydrogens (tertiary/aromatic N) is 2. The van der Waals surface area contributed by atoms with Crippen LogP contribution in [0.2, 0.25) is 0 Å². The van der Waals surface area contributed by atoms with Gasteiger partial charge in [-0.05, 0) is 37.1 Å². The van der Waals surface area contributed by atoms with E-state index in [9.17, 15) is 14.9 Å². The Morgan fingerprint density at radius 1 is 1.19 bits per heavy atom. The van der Waals surface area contributed by atoms with Crippen molar-refractivity contribution in [3.05, 3.63) is 70.3 Å². The van der Waals surface area contributed by atoms with E-state index in [1.165, 1.54) is 29.8 Å². The smallest absolute Gasteiger partial charge is 0.269 e. The molecule has 7 heteroatoms. The second kappa shape index (κ2) is 9.14. The van der Waals surface area contributed by atoms with E-state index in [1.807, 2.05) is 18.2 Å². The van der Waals surface area contributed by atoms with Gasteiger partial charge < -0.3 is 10.1 Å². The number of nitro groups is 1. The number of carbonyl (C=O) groups is 1. The Bertz CT molecular complexity index is 765. The summed E-state index contributed by atoms with van der Waals surface area (Å²) in [6.45, 7) is 2.62. The van der Waals surface area contributed by atoms with E-state index in [2.05, 4.69) is 22.3 Å². The molecule has 1 aliphatic rings. The molecule has 1 N–H and O–H groups in total. The van der Waals surface area contributed by atoms with Crippen LogP contribution in [-0.4, -0.2) is 41.5 Å². The van der Waals surface area contributed by atoms with E-state index in [0.717, 1.165) is 32.5 Å². The van der Waals surface area contributed by atoms with E-state index in [4.69, 9.17) is 4.74 Å². The Kier molecular flexibility index (Phi) is 6.38. The van der Waals surface area contributed by atoms with Crippen LogP contribution >= 0.6 is 0 Å². The number of non-ortho nitro benzene ring substituents is 1. The number of hydrogen-bond acceptors (Lipinski definition) is 5. The Morgan fingerprint density at radius 2 is 1.93 bits per heavy atom. The topological polar surface area (TPSA) is 84.7 Å². The fraction of sp³-hybridized carbons (Fsp3) is 0.350. The van der Waals surface area contributed by atoms with Crippen molar-refractivity contribution in [3.63, 3.8) is 0 Å². The zero-order chi connectivity index (χ0) is 19.1. The van der Waals surface area contributed by atoms with Gasteiger partial charge in [-0.3, -0.25) is 19.8 Å². The molecule has 0 radical (unpaired) electrons. The Hall–Kier alpha value is -2.93. The summed E-state index contributed by atoms with van der Waals surface area (Å²) in [5.74, 6) is 0.255. The normalized spacial score (nSPS) is 17.3. The zero-order valence-electron chi connectivity index (χ0n) is 15.0. The van der Waals surface area contributed by atoms with Crippen molar-refractivity contribution in [3.8, 4) is 5.75 Å². The van der Waals surface area contributed by atoms with Gasteiger partial charge in [-0.15, -0.1) is 0 Å². The van der Waals surface area contributed by atoms with Crippen LogP contribution in [0.15, 0.2) is 54.6 Å². The van der Waals surface area contributed by atoms with Crippen LogP contribution in [0.25, 0.3) is 0 Å². The quantitative estimate of drug-likeness (QED) is 0.599. The number of piperidine rings is 1. The number of carbonyl (C=O) groups excluding carboxylic acids is 1. The highest BCUT2D eigenvalue weighted by molar-refractivity contribution is 5.77. The molecule has 0 saturated carbocycles. The third-order valence-corrected chi connectivity index (χ3v) is 4.54. The van der Waals surface area contributed by atoms with Gasteiger partial charge in [0.2, 0.25) is 0 Å². The van der Waals surface area contributed by atoms with Crippen molar-refractivity contribution in [1.29, 1.82) is 0 Å². The van der Waals surface area contributed by atoms with E-state index in [0.29, 0.717) is 5.75 Å². The standard InChI is InChI=1S/C20H23N3O4/c24-20(15-27-19-10-8-18(9-11-19)23(25)26)21-17-7-4-12-22(14-17)13-16-5-2-1-3-6-16/h1-3,5-6,8-11,17H,4,7,12-15H2,(H,21,24)/t17-/m1/s1. The predicted octanol–water partition coefficient (Wildman–Crippen LogP) is 2.75. The minimum absolute atomic E-state index is 0.00693. The third-order valence-electron chi connectivity index (χ3n) is 4.54. The molecule has 0 unspecified atom stereocenters. The van der Waals surface area contributed by atoms with Crippen LogP contribution in [0, 0.1) is 10.1 Å². The first-order valence-electron chi connectivity index (χ1n) is 9.03. The number of nitro benzene ring substituents is 1. The molecule has 3 rings (SSSR count). The van der Waals surface area contributed by atoms with Gasteiger partial charge >= 0.3 is 0 Å². The lowest BCUT2D eigenvalue weighted by Gasteiger charge is -2.33. The molecule has 27 heavy (non-hydrogen) atoms. The van der Waals surface area contributed by atoms with E-state index >= 15 is 0 Å². The molecule has 0 spiro atoms. The molecular formula is C20H23N3O4. The summed E-state index contributed by atoms with van der Waals surface area (Å²) in [5.41, 5.74) is 1.26. The first kappa shape index (κ1) is 18.8. The van der Waals surface area contributed by atoms with Gasteiger partial charge in [0.05, 0.1) is 4.92 Å². The molecule has 2 aromatic carbocycles. The summed E-state index contributed by atoms with van der Waals surface area (Å²) >= 11 is 0. The summed E-state index contributed by atoms with van der Waals surface area (Å²) in [4.78, 5) is 24.7. The molecule has 1 atom stereocenters. The van der Waals surface area contributed by atoms with Crippen molar-refractivity contribution in [2.24, 2.45) is 0 Å². The minimum Gasteiger partial charge on any atom is -0.484 e. The van der Waals surface area contributed by atoms with Crippen molar-refractivity contribution in [2.45, 2.75) is 25.4 Å². The number of ether oxygens (including phenoxy) is 1. The molecule has 2 aromatic rings. The lowest BCUT2D eigenvalue weighted by Crippen LogP contribution is -2.48. The Morgan fingerprint density at radius 3 is 2.63 bits per heavy atom. The molecule has 1 saturated heterocycles. The van der Waals surface area contributed by atoms with Crippen LogP contribution in [-0.2, 0) is 11.3 Å². The average molecular weight is 369 g/mol. The lowest BCUT2D eigenvalue weighted by atomic mass is 10.0. The van der Waals surface area contributed by atoms with Crippen LogP contribution in [0.4, 0.5) is 5.69 Å². The van der Waals surface area contributed by atoms with Crippen molar-refractivity contribution in [1.82, 2.24) is 10.2 Å². The van der Waals surface area contributed by atoms with Crippen LogP contribution < -0.4 is 10.1 Å². The van der Waals surface area contributed by atoms with Gasteiger partial charge in [-0.1, -0.05) is 30.3 Å². The number of likely N-dealkylation sites (tertiary alicyclic amines) is 1. The monoisotopic (exact) mass is 369 g/mol. The fourth-order valence-corrected chi connectivity index (χ4v) is 3.24. The first-order chi connectivity index (χ1) is 13.1. The molecule has 0 aliphatic carbocycles. The van der Waals surface area contributed by atoms with Crippen molar-refractivity contribution >= 4 is 11.6 Å². The maximum atomic E-state index is 12.2. The van der Waals surface area contributed by atoms with Gasteiger partial charge in [0, 0.05) is 31.3 Å². The van der Waals surface area contributed by atoms with Gasteiger partial charge in [-0.2, -0.15) is 0 Å². The Labute approximate surface area is 158 Å². The molecule has 1 amide bonds. The fourth-order valence-electron chi connectivity index (χ4n) is 3.24. The van der Waals surface area contributed by atoms with E-state index in [1.54, 1.807) is 0 Å². The number of amides is 1. The molecule has 1 aliphatic heterocycles. The van der Waals surface area contributed by atoms with Gasteiger partial charge in [0.25, 0.3) is 11.6 Å². The summed E-state index contributed by atoms with van der Waals surface area (Å²) in [5, 5.41) is 13.7. The van der Waals surface area contributed by atoms with Gasteiger partial charge in [0.1, 0.15) is 5.75 Å². The van der Waals surface area contributed by atoms with Gasteiger partial charge in [0.15, 0.2) is 6.61 Å². The largest absolute Gasteiger partial charge is 0.484 e. The van der Waals surface area contributed by atoms with Crippen molar-refractivity contribution < 1.29 is 14.5 Å². The molecule has 0 bridgehead atoms. The van der Waals surface area contributed by atoms with Crippen LogP contribution in [0.3, 0.4) is 0 Å². The number of nitrogens with one attached hydrogen (secondary N) is 1. The first-order valence-corrected chi connectivity index (χ1v) is 9.03. The number of benzene rings is 2. The van der Waals surface area contributed by atoms with E-state index in [-0.39, 0.29) is 24.2 Å². The number of hydrogen-bond donors (Lipinski definition) is 1. The predicted molar refractivity (Wildman–Crippen MR) is 101 cm³/mol. The summed E-state index contributed by atoms with van der Waals surface area (Å²) < 4.78 is 5.42. The second-order valence-corrected chi connectivity index (χ2v) is 6.67. The SMILES string of the molecule is O=C(COc1ccc([N+](=O)[O-])cc1)N[C@@H]1CCCN(Cc2ccccc2)C1. The summed E-state index contributed by atoms with van der Waals surface area (Å²) in [6, 6.07) is 16.1. The highest BCUT2D eigenvalue weighted by Gasteiger charge is 2.21. The lowest BCUT2D eigenvalue weighted by molar-refractivity contribution is -0.384. The zero-order valence-corrected chi connectivity index (χ0v) is 15.0. The van der Waals surface area contributed by atoms with Crippen LogP contribution in [0.5, 0.6) is 5.75 Å². The summed E-state index contributed by atoms with van der Waals surface area (Å²) in [6.07, 6.45) is 2.00. The molecule has 1 heterocycles. The second-order valence-electron chi connectivity index (χ2n) is 6.67. The highest BCUT2D eigenvalue weighted by atomic mass is 16.6. The number of rotatable bonds is 7. The molecule has 142 valence electrons. The maximum Gasteiger partial charge on any atom is 0.269 e. The molecular weight excluding hydrogens is 346 g/mol. The maximum absolute atomic E-state index is 12.2. The minimum atomic E-state index is -0.471. The van der Waals surface area contributed by atoms with Crippen molar-refractivity contribution in [2.75, 3.05) is 19.7 Å². The summed E-state index contributed by atoms with van der Waals surface area (Å²) in [7, 11) is 0. The molecule has 0 aromatic heterocycles. The average Bonchev–Trinajstić information content (AvgIpc) is 2.68. The highest BCUT2D eigenvalue weighted by Crippen LogP contribution is 2.17. The molecule has 1 fully saturated rings. The third kappa shape index (κ3) is 5.79. The Balaban J connectivity index is 1.43.